The Morgan fingerprint density at radius 2 is 1.94 bits per heavy atom. The van der Waals surface area contributed by atoms with E-state index in [0.717, 1.165) is 37.9 Å². The van der Waals surface area contributed by atoms with E-state index in [1.165, 1.54) is 22.9 Å². The third kappa shape index (κ3) is 4.87. The zero-order valence-corrected chi connectivity index (χ0v) is 20.3. The number of aromatic nitrogens is 3. The summed E-state index contributed by atoms with van der Waals surface area (Å²) in [6.45, 7) is 10.5. The van der Waals surface area contributed by atoms with Gasteiger partial charge in [-0.15, -0.1) is 16.4 Å². The van der Waals surface area contributed by atoms with Gasteiger partial charge in [0.2, 0.25) is 5.60 Å². The monoisotopic (exact) mass is 491 g/mol. The van der Waals surface area contributed by atoms with Gasteiger partial charge in [-0.2, -0.15) is 13.2 Å². The van der Waals surface area contributed by atoms with Crippen molar-refractivity contribution in [3.63, 3.8) is 0 Å². The summed E-state index contributed by atoms with van der Waals surface area (Å²) in [4.78, 5) is 0.808. The molecule has 5 nitrogen and oxygen atoms in total. The second-order valence-electron chi connectivity index (χ2n) is 8.55. The Morgan fingerprint density at radius 1 is 1.24 bits per heavy atom. The molecule has 1 unspecified atom stereocenters. The summed E-state index contributed by atoms with van der Waals surface area (Å²) in [5.74, 6) is 0. The highest BCUT2D eigenvalue weighted by atomic mass is 32.1. The molecule has 34 heavy (non-hydrogen) atoms. The highest BCUT2D eigenvalue weighted by Crippen LogP contribution is 2.43. The average molecular weight is 492 g/mol. The fourth-order valence-corrected chi connectivity index (χ4v) is 5.02. The van der Waals surface area contributed by atoms with Gasteiger partial charge in [-0.1, -0.05) is 55.2 Å². The second-order valence-corrected chi connectivity index (χ2v) is 9.60. The van der Waals surface area contributed by atoms with Crippen LogP contribution in [0.1, 0.15) is 55.8 Å². The Morgan fingerprint density at radius 3 is 2.50 bits per heavy atom. The van der Waals surface area contributed by atoms with E-state index in [9.17, 15) is 23.4 Å². The number of hydrogen-bond acceptors (Lipinski definition) is 5. The van der Waals surface area contributed by atoms with Crippen molar-refractivity contribution in [1.29, 1.82) is 0 Å². The van der Waals surface area contributed by atoms with Crippen LogP contribution in [0.4, 0.5) is 13.2 Å². The molecule has 0 radical (unpaired) electrons. The summed E-state index contributed by atoms with van der Waals surface area (Å²) < 4.78 is 42.2. The predicted molar refractivity (Wildman–Crippen MR) is 129 cm³/mol. The Bertz CT molecular complexity index is 1250. The molecule has 0 saturated carbocycles. The fourth-order valence-electron chi connectivity index (χ4n) is 3.73. The average Bonchev–Trinajstić information content (AvgIpc) is 3.38. The standard InChI is InChI=1S/C25H28F3N3O2S/c1-6-9-10-17(7-2)21-18-12-11-16(13-19(18)34-22(21)23(4,5)32)14-31-15-20(29-30-31)24(33,8-3)25(26,27)28/h6-7,9-13,15,32-33H,1,8,14H2,2-5H3/b10-9-,17-7+. The number of hydrogen-bond donors (Lipinski definition) is 2. The van der Waals surface area contributed by atoms with Crippen molar-refractivity contribution in [2.75, 3.05) is 0 Å². The molecule has 2 N–H and O–H groups in total. The van der Waals surface area contributed by atoms with Crippen molar-refractivity contribution in [3.05, 3.63) is 77.0 Å². The molecule has 182 valence electrons. The maximum Gasteiger partial charge on any atom is 0.423 e. The third-order valence-corrected chi connectivity index (χ3v) is 7.07. The molecule has 2 aromatic heterocycles. The number of allylic oxidation sites excluding steroid dienone is 5. The molecular weight excluding hydrogens is 463 g/mol. The van der Waals surface area contributed by atoms with Gasteiger partial charge in [0.05, 0.1) is 18.3 Å². The van der Waals surface area contributed by atoms with Gasteiger partial charge in [0, 0.05) is 20.5 Å². The molecule has 0 saturated heterocycles. The minimum absolute atomic E-state index is 0.179. The molecule has 0 aliphatic heterocycles. The number of nitrogens with zero attached hydrogens (tertiary/aromatic N) is 3. The Labute approximate surface area is 200 Å². The first-order valence-electron chi connectivity index (χ1n) is 10.8. The van der Waals surface area contributed by atoms with Gasteiger partial charge in [-0.05, 0) is 44.4 Å². The maximum absolute atomic E-state index is 13.3. The molecule has 0 fully saturated rings. The van der Waals surface area contributed by atoms with Gasteiger partial charge >= 0.3 is 6.18 Å². The predicted octanol–water partition coefficient (Wildman–Crippen LogP) is 6.07. The Kier molecular flexibility index (Phi) is 7.21. The summed E-state index contributed by atoms with van der Waals surface area (Å²) in [6, 6.07) is 5.74. The van der Waals surface area contributed by atoms with Crippen LogP contribution >= 0.6 is 11.3 Å². The summed E-state index contributed by atoms with van der Waals surface area (Å²) in [6.07, 6.45) is 3.13. The molecule has 2 heterocycles. The first kappa shape index (κ1) is 25.9. The van der Waals surface area contributed by atoms with Crippen LogP contribution in [-0.2, 0) is 17.7 Å². The molecule has 3 aromatic rings. The summed E-state index contributed by atoms with van der Waals surface area (Å²) in [5, 5.41) is 29.3. The minimum atomic E-state index is -4.85. The lowest BCUT2D eigenvalue weighted by Crippen LogP contribution is -2.42. The van der Waals surface area contributed by atoms with Crippen LogP contribution in [0.2, 0.25) is 0 Å². The van der Waals surface area contributed by atoms with Crippen molar-refractivity contribution < 1.29 is 23.4 Å². The van der Waals surface area contributed by atoms with E-state index in [2.05, 4.69) is 16.9 Å². The normalized spacial score (nSPS) is 15.3. The third-order valence-electron chi connectivity index (χ3n) is 5.61. The zero-order valence-electron chi connectivity index (χ0n) is 19.5. The lowest BCUT2D eigenvalue weighted by molar-refractivity contribution is -0.269. The molecule has 0 bridgehead atoms. The molecule has 1 atom stereocenters. The molecule has 3 rings (SSSR count). The van der Waals surface area contributed by atoms with Gasteiger partial charge < -0.3 is 10.2 Å². The van der Waals surface area contributed by atoms with Crippen molar-refractivity contribution >= 4 is 27.0 Å². The van der Waals surface area contributed by atoms with Crippen LogP contribution in [0, 0.1) is 0 Å². The van der Waals surface area contributed by atoms with Gasteiger partial charge in [0.15, 0.2) is 0 Å². The molecule has 0 spiro atoms. The number of halogens is 3. The largest absolute Gasteiger partial charge is 0.423 e. The highest BCUT2D eigenvalue weighted by molar-refractivity contribution is 7.19. The van der Waals surface area contributed by atoms with Crippen molar-refractivity contribution in [3.8, 4) is 0 Å². The lowest BCUT2D eigenvalue weighted by Gasteiger charge is -2.26. The Hall–Kier alpha value is -2.75. The van der Waals surface area contributed by atoms with E-state index >= 15 is 0 Å². The van der Waals surface area contributed by atoms with Crippen LogP contribution in [0.3, 0.4) is 0 Å². The van der Waals surface area contributed by atoms with Crippen LogP contribution < -0.4 is 0 Å². The summed E-state index contributed by atoms with van der Waals surface area (Å²) >= 11 is 1.46. The molecule has 0 amide bonds. The quantitative estimate of drug-likeness (QED) is 0.375. The van der Waals surface area contributed by atoms with Crippen LogP contribution in [-0.4, -0.2) is 31.4 Å². The lowest BCUT2D eigenvalue weighted by atomic mass is 9.94. The van der Waals surface area contributed by atoms with Crippen LogP contribution in [0.25, 0.3) is 15.7 Å². The summed E-state index contributed by atoms with van der Waals surface area (Å²) in [5.41, 5.74) is -1.96. The molecule has 0 aliphatic rings. The number of aliphatic hydroxyl groups is 2. The topological polar surface area (TPSA) is 71.2 Å². The van der Waals surface area contributed by atoms with Gasteiger partial charge in [0.1, 0.15) is 5.69 Å². The van der Waals surface area contributed by atoms with Gasteiger partial charge in [-0.25, -0.2) is 4.68 Å². The van der Waals surface area contributed by atoms with E-state index in [-0.39, 0.29) is 6.54 Å². The van der Waals surface area contributed by atoms with E-state index in [0.29, 0.717) is 0 Å². The van der Waals surface area contributed by atoms with Gasteiger partial charge in [0.25, 0.3) is 0 Å². The molecular formula is C25H28F3N3O2S. The maximum atomic E-state index is 13.3. The van der Waals surface area contributed by atoms with Gasteiger partial charge in [-0.3, -0.25) is 0 Å². The number of benzene rings is 1. The smallest absolute Gasteiger partial charge is 0.385 e. The first-order chi connectivity index (χ1) is 15.9. The highest BCUT2D eigenvalue weighted by Gasteiger charge is 2.55. The van der Waals surface area contributed by atoms with E-state index in [1.54, 1.807) is 19.9 Å². The number of alkyl halides is 3. The minimum Gasteiger partial charge on any atom is -0.385 e. The Balaban J connectivity index is 2.02. The zero-order chi connectivity index (χ0) is 25.3. The van der Waals surface area contributed by atoms with Crippen molar-refractivity contribution in [2.45, 2.75) is 58.0 Å². The summed E-state index contributed by atoms with van der Waals surface area (Å²) in [7, 11) is 0. The van der Waals surface area contributed by atoms with E-state index in [1.807, 2.05) is 43.4 Å². The first-order valence-corrected chi connectivity index (χ1v) is 11.6. The van der Waals surface area contributed by atoms with Crippen LogP contribution in [0.15, 0.2) is 55.3 Å². The number of thiophene rings is 1. The van der Waals surface area contributed by atoms with E-state index in [4.69, 9.17) is 0 Å². The fraction of sp³-hybridized carbons (Fsp3) is 0.360. The molecule has 0 aliphatic carbocycles. The number of rotatable bonds is 8. The van der Waals surface area contributed by atoms with E-state index < -0.39 is 29.5 Å². The molecule has 9 heteroatoms. The van der Waals surface area contributed by atoms with Crippen molar-refractivity contribution in [2.24, 2.45) is 0 Å². The van der Waals surface area contributed by atoms with Crippen molar-refractivity contribution in [1.82, 2.24) is 15.0 Å². The number of fused-ring (bicyclic) bond motifs is 1. The SMILES string of the molecule is C=C/C=C\C(=C/C)c1c(C(C)(C)O)sc2cc(Cn3cc(C(O)(CC)C(F)(F)F)nn3)ccc12. The van der Waals surface area contributed by atoms with Crippen LogP contribution in [0.5, 0.6) is 0 Å². The molecule has 1 aromatic carbocycles. The second kappa shape index (κ2) is 9.48.